The van der Waals surface area contributed by atoms with Crippen molar-refractivity contribution < 1.29 is 24.2 Å². The fourth-order valence-corrected chi connectivity index (χ4v) is 2.41. The van der Waals surface area contributed by atoms with Gasteiger partial charge in [0.25, 0.3) is 0 Å². The average Bonchev–Trinajstić information content (AvgIpc) is 2.83. The molecule has 1 saturated carbocycles. The zero-order valence-electron chi connectivity index (χ0n) is 11.1. The molecular weight excluding hydrogens is 236 g/mol. The molecule has 0 aromatic rings. The number of carbonyl (C=O) groups excluding carboxylic acids is 2. The second-order valence-corrected chi connectivity index (χ2v) is 4.52. The molecule has 0 spiro atoms. The molecule has 0 radical (unpaired) electrons. The van der Waals surface area contributed by atoms with Crippen molar-refractivity contribution in [1.82, 2.24) is 0 Å². The highest BCUT2D eigenvalue weighted by Gasteiger charge is 2.41. The van der Waals surface area contributed by atoms with Crippen LogP contribution < -0.4 is 0 Å². The number of esters is 2. The molecule has 1 rings (SSSR count). The fraction of sp³-hybridized carbons (Fsp3) is 0.846. The second-order valence-electron chi connectivity index (χ2n) is 4.52. The number of hydrogen-bond donors (Lipinski definition) is 1. The molecule has 1 atom stereocenters. The van der Waals surface area contributed by atoms with Gasteiger partial charge in [0.15, 0.2) is 5.92 Å². The van der Waals surface area contributed by atoms with Gasteiger partial charge in [-0.05, 0) is 32.6 Å². The number of aliphatic hydroxyl groups is 1. The third kappa shape index (κ3) is 3.70. The molecule has 1 aliphatic carbocycles. The van der Waals surface area contributed by atoms with Crippen molar-refractivity contribution in [2.45, 2.75) is 45.6 Å². The van der Waals surface area contributed by atoms with E-state index in [0.29, 0.717) is 0 Å². The SMILES string of the molecule is CCOC(=O)C(C(=O)OCC)C(O)C1CCCC1. The van der Waals surface area contributed by atoms with Crippen LogP contribution in [0, 0.1) is 11.8 Å². The molecule has 18 heavy (non-hydrogen) atoms. The maximum atomic E-state index is 11.8. The van der Waals surface area contributed by atoms with Crippen LogP contribution in [0.5, 0.6) is 0 Å². The van der Waals surface area contributed by atoms with E-state index in [-0.39, 0.29) is 19.1 Å². The Hall–Kier alpha value is -1.10. The molecule has 104 valence electrons. The summed E-state index contributed by atoms with van der Waals surface area (Å²) in [5.41, 5.74) is 0. The van der Waals surface area contributed by atoms with Crippen LogP contribution in [-0.4, -0.2) is 36.4 Å². The number of hydrogen-bond acceptors (Lipinski definition) is 5. The van der Waals surface area contributed by atoms with Gasteiger partial charge in [0.1, 0.15) is 0 Å². The summed E-state index contributed by atoms with van der Waals surface area (Å²) in [6.45, 7) is 3.71. The topological polar surface area (TPSA) is 72.8 Å². The summed E-state index contributed by atoms with van der Waals surface area (Å²) in [5, 5.41) is 10.2. The summed E-state index contributed by atoms with van der Waals surface area (Å²) in [5.74, 6) is -2.58. The maximum absolute atomic E-state index is 11.8. The van der Waals surface area contributed by atoms with E-state index in [9.17, 15) is 14.7 Å². The molecular formula is C13H22O5. The van der Waals surface area contributed by atoms with Crippen LogP contribution in [0.15, 0.2) is 0 Å². The summed E-state index contributed by atoms with van der Waals surface area (Å²) >= 11 is 0. The Labute approximate surface area is 107 Å². The molecule has 0 aliphatic heterocycles. The normalized spacial score (nSPS) is 17.8. The minimum absolute atomic E-state index is 0.0104. The number of rotatable bonds is 6. The molecule has 1 aliphatic rings. The van der Waals surface area contributed by atoms with Crippen LogP contribution >= 0.6 is 0 Å². The zero-order chi connectivity index (χ0) is 13.5. The van der Waals surface area contributed by atoms with E-state index in [1.165, 1.54) is 0 Å². The third-order valence-electron chi connectivity index (χ3n) is 3.31. The number of ether oxygens (including phenoxy) is 2. The zero-order valence-corrected chi connectivity index (χ0v) is 11.1. The lowest BCUT2D eigenvalue weighted by atomic mass is 9.89. The summed E-state index contributed by atoms with van der Waals surface area (Å²) in [4.78, 5) is 23.5. The van der Waals surface area contributed by atoms with Crippen molar-refractivity contribution in [3.8, 4) is 0 Å². The monoisotopic (exact) mass is 258 g/mol. The average molecular weight is 258 g/mol. The molecule has 1 fully saturated rings. The summed E-state index contributed by atoms with van der Waals surface area (Å²) < 4.78 is 9.70. The highest BCUT2D eigenvalue weighted by molar-refractivity contribution is 5.95. The largest absolute Gasteiger partial charge is 0.465 e. The van der Waals surface area contributed by atoms with Crippen LogP contribution in [0.4, 0.5) is 0 Å². The molecule has 0 amide bonds. The number of aliphatic hydroxyl groups excluding tert-OH is 1. The van der Waals surface area contributed by atoms with Gasteiger partial charge in [-0.2, -0.15) is 0 Å². The first kappa shape index (κ1) is 15.0. The lowest BCUT2D eigenvalue weighted by molar-refractivity contribution is -0.168. The molecule has 0 aromatic heterocycles. The molecule has 1 N–H and O–H groups in total. The van der Waals surface area contributed by atoms with Gasteiger partial charge in [-0.15, -0.1) is 0 Å². The van der Waals surface area contributed by atoms with Crippen LogP contribution in [0.25, 0.3) is 0 Å². The Morgan fingerprint density at radius 2 is 1.56 bits per heavy atom. The van der Waals surface area contributed by atoms with Gasteiger partial charge < -0.3 is 14.6 Å². The highest BCUT2D eigenvalue weighted by atomic mass is 16.6. The number of carbonyl (C=O) groups is 2. The Balaban J connectivity index is 2.74. The van der Waals surface area contributed by atoms with Crippen LogP contribution in [0.2, 0.25) is 0 Å². The standard InChI is InChI=1S/C13H22O5/c1-3-17-12(15)10(13(16)18-4-2)11(14)9-7-5-6-8-9/h9-11,14H,3-8H2,1-2H3. The van der Waals surface area contributed by atoms with Gasteiger partial charge in [0.05, 0.1) is 19.3 Å². The molecule has 1 unspecified atom stereocenters. The van der Waals surface area contributed by atoms with Gasteiger partial charge in [-0.25, -0.2) is 0 Å². The maximum Gasteiger partial charge on any atom is 0.323 e. The van der Waals surface area contributed by atoms with Crippen molar-refractivity contribution in [1.29, 1.82) is 0 Å². The van der Waals surface area contributed by atoms with Gasteiger partial charge in [-0.3, -0.25) is 9.59 Å². The van der Waals surface area contributed by atoms with Gasteiger partial charge in [0, 0.05) is 0 Å². The van der Waals surface area contributed by atoms with Gasteiger partial charge in [0.2, 0.25) is 0 Å². The minimum Gasteiger partial charge on any atom is -0.465 e. The Kier molecular flexibility index (Phi) is 6.12. The van der Waals surface area contributed by atoms with Crippen LogP contribution in [0.1, 0.15) is 39.5 Å². The van der Waals surface area contributed by atoms with Crippen LogP contribution in [0.3, 0.4) is 0 Å². The van der Waals surface area contributed by atoms with E-state index < -0.39 is 24.0 Å². The van der Waals surface area contributed by atoms with E-state index in [1.54, 1.807) is 13.8 Å². The van der Waals surface area contributed by atoms with Crippen molar-refractivity contribution >= 4 is 11.9 Å². The minimum atomic E-state index is -1.20. The quantitative estimate of drug-likeness (QED) is 0.574. The summed E-state index contributed by atoms with van der Waals surface area (Å²) in [7, 11) is 0. The van der Waals surface area contributed by atoms with E-state index in [4.69, 9.17) is 9.47 Å². The Morgan fingerprint density at radius 3 is 1.94 bits per heavy atom. The molecule has 0 bridgehead atoms. The van der Waals surface area contributed by atoms with E-state index in [2.05, 4.69) is 0 Å². The lowest BCUT2D eigenvalue weighted by Gasteiger charge is -2.24. The smallest absolute Gasteiger partial charge is 0.323 e. The van der Waals surface area contributed by atoms with Crippen molar-refractivity contribution in [2.24, 2.45) is 11.8 Å². The summed E-state index contributed by atoms with van der Waals surface area (Å²) in [6.07, 6.45) is 2.75. The second kappa shape index (κ2) is 7.36. The predicted molar refractivity (Wildman–Crippen MR) is 64.7 cm³/mol. The predicted octanol–water partition coefficient (Wildman–Crippen LogP) is 1.28. The first-order valence-electron chi connectivity index (χ1n) is 6.63. The van der Waals surface area contributed by atoms with Crippen LogP contribution in [-0.2, 0) is 19.1 Å². The van der Waals surface area contributed by atoms with E-state index in [0.717, 1.165) is 25.7 Å². The van der Waals surface area contributed by atoms with E-state index in [1.807, 2.05) is 0 Å². The highest BCUT2D eigenvalue weighted by Crippen LogP contribution is 2.31. The first-order chi connectivity index (χ1) is 8.61. The Bertz CT molecular complexity index is 265. The van der Waals surface area contributed by atoms with Gasteiger partial charge in [-0.1, -0.05) is 12.8 Å². The van der Waals surface area contributed by atoms with Crippen molar-refractivity contribution in [3.63, 3.8) is 0 Å². The first-order valence-corrected chi connectivity index (χ1v) is 6.63. The molecule has 0 saturated heterocycles. The van der Waals surface area contributed by atoms with Crippen molar-refractivity contribution in [2.75, 3.05) is 13.2 Å². The molecule has 0 heterocycles. The summed E-state index contributed by atoms with van der Waals surface area (Å²) in [6, 6.07) is 0. The van der Waals surface area contributed by atoms with Crippen molar-refractivity contribution in [3.05, 3.63) is 0 Å². The molecule has 0 aromatic carbocycles. The van der Waals surface area contributed by atoms with Gasteiger partial charge >= 0.3 is 11.9 Å². The molecule has 5 nitrogen and oxygen atoms in total. The lowest BCUT2D eigenvalue weighted by Crippen LogP contribution is -2.41. The fourth-order valence-electron chi connectivity index (χ4n) is 2.41. The Morgan fingerprint density at radius 1 is 1.11 bits per heavy atom. The van der Waals surface area contributed by atoms with E-state index >= 15 is 0 Å². The third-order valence-corrected chi connectivity index (χ3v) is 3.31. The molecule has 5 heteroatoms.